The molecule has 17 heavy (non-hydrogen) atoms. The molecule has 0 aliphatic carbocycles. The van der Waals surface area contributed by atoms with Crippen LogP contribution in [0.15, 0.2) is 22.7 Å². The number of hydrogen-bond acceptors (Lipinski definition) is 2. The van der Waals surface area contributed by atoms with E-state index in [4.69, 9.17) is 0 Å². The molecule has 0 heterocycles. The topological polar surface area (TPSA) is 29.1 Å². The van der Waals surface area contributed by atoms with Crippen LogP contribution < -0.4 is 5.32 Å². The van der Waals surface area contributed by atoms with Gasteiger partial charge in [0.2, 0.25) is 0 Å². The maximum absolute atomic E-state index is 13.5. The highest BCUT2D eigenvalue weighted by molar-refractivity contribution is 9.10. The standard InChI is InChI=1S/C12H15BrFNOS/c1-3-17-7-8(2)15-12(16)11-9(13)5-4-6-10(11)14/h4-6,8H,3,7H2,1-2H3,(H,15,16). The fraction of sp³-hybridized carbons (Fsp3) is 0.417. The van der Waals surface area contributed by atoms with Crippen LogP contribution in [0.3, 0.4) is 0 Å². The Bertz CT molecular complexity index is 380. The van der Waals surface area contributed by atoms with E-state index in [0.29, 0.717) is 4.47 Å². The van der Waals surface area contributed by atoms with E-state index >= 15 is 0 Å². The van der Waals surface area contributed by atoms with Gasteiger partial charge in [-0.15, -0.1) is 0 Å². The Kier molecular flexibility index (Phi) is 5.98. The van der Waals surface area contributed by atoms with E-state index in [-0.39, 0.29) is 17.5 Å². The minimum atomic E-state index is -0.507. The molecule has 0 aromatic heterocycles. The Labute approximate surface area is 113 Å². The van der Waals surface area contributed by atoms with Crippen LogP contribution in [0.4, 0.5) is 4.39 Å². The molecule has 94 valence electrons. The van der Waals surface area contributed by atoms with E-state index < -0.39 is 5.82 Å². The number of benzene rings is 1. The summed E-state index contributed by atoms with van der Waals surface area (Å²) in [6.07, 6.45) is 0. The molecule has 0 aliphatic rings. The molecule has 0 saturated heterocycles. The average Bonchev–Trinajstić information content (AvgIpc) is 2.26. The number of carbonyl (C=O) groups excluding carboxylic acids is 1. The Morgan fingerprint density at radius 2 is 2.29 bits per heavy atom. The van der Waals surface area contributed by atoms with Crippen molar-refractivity contribution in [2.75, 3.05) is 11.5 Å². The van der Waals surface area contributed by atoms with Crippen LogP contribution in [0.5, 0.6) is 0 Å². The van der Waals surface area contributed by atoms with E-state index in [1.54, 1.807) is 23.9 Å². The smallest absolute Gasteiger partial charge is 0.255 e. The van der Waals surface area contributed by atoms with Gasteiger partial charge in [-0.2, -0.15) is 11.8 Å². The highest BCUT2D eigenvalue weighted by Gasteiger charge is 2.16. The summed E-state index contributed by atoms with van der Waals surface area (Å²) in [6, 6.07) is 4.53. The van der Waals surface area contributed by atoms with Gasteiger partial charge in [0.25, 0.3) is 5.91 Å². The van der Waals surface area contributed by atoms with Gasteiger partial charge in [-0.25, -0.2) is 4.39 Å². The number of rotatable bonds is 5. The van der Waals surface area contributed by atoms with Crippen LogP contribution in [0.1, 0.15) is 24.2 Å². The van der Waals surface area contributed by atoms with Gasteiger partial charge < -0.3 is 5.32 Å². The van der Waals surface area contributed by atoms with Crippen molar-refractivity contribution in [1.82, 2.24) is 5.32 Å². The third-order valence-corrected chi connectivity index (χ3v) is 3.94. The summed E-state index contributed by atoms with van der Waals surface area (Å²) in [5.74, 6) is 0.948. The number of hydrogen-bond donors (Lipinski definition) is 1. The van der Waals surface area contributed by atoms with Gasteiger partial charge in [-0.3, -0.25) is 4.79 Å². The Morgan fingerprint density at radius 1 is 1.59 bits per heavy atom. The summed E-state index contributed by atoms with van der Waals surface area (Å²) < 4.78 is 14.0. The van der Waals surface area contributed by atoms with Gasteiger partial charge in [-0.1, -0.05) is 13.0 Å². The van der Waals surface area contributed by atoms with E-state index in [1.807, 2.05) is 6.92 Å². The number of carbonyl (C=O) groups is 1. The summed E-state index contributed by atoms with van der Waals surface area (Å²) in [5, 5.41) is 2.78. The van der Waals surface area contributed by atoms with Crippen molar-refractivity contribution >= 4 is 33.6 Å². The number of halogens is 2. The van der Waals surface area contributed by atoms with Crippen molar-refractivity contribution in [2.45, 2.75) is 19.9 Å². The first-order valence-electron chi connectivity index (χ1n) is 5.38. The number of nitrogens with one attached hydrogen (secondary N) is 1. The Hall–Kier alpha value is -0.550. The van der Waals surface area contributed by atoms with Crippen LogP contribution >= 0.6 is 27.7 Å². The molecule has 1 unspecified atom stereocenters. The second-order valence-corrected chi connectivity index (χ2v) is 5.80. The first-order chi connectivity index (χ1) is 8.06. The molecule has 1 aromatic rings. The zero-order valence-electron chi connectivity index (χ0n) is 9.80. The van der Waals surface area contributed by atoms with Crippen molar-refractivity contribution in [2.24, 2.45) is 0 Å². The minimum Gasteiger partial charge on any atom is -0.349 e. The lowest BCUT2D eigenvalue weighted by Gasteiger charge is -2.14. The summed E-state index contributed by atoms with van der Waals surface area (Å²) in [4.78, 5) is 11.9. The zero-order chi connectivity index (χ0) is 12.8. The molecule has 0 bridgehead atoms. The Morgan fingerprint density at radius 3 is 2.88 bits per heavy atom. The highest BCUT2D eigenvalue weighted by atomic mass is 79.9. The van der Waals surface area contributed by atoms with Crippen molar-refractivity contribution in [1.29, 1.82) is 0 Å². The molecule has 1 atom stereocenters. The van der Waals surface area contributed by atoms with E-state index in [2.05, 4.69) is 28.2 Å². The van der Waals surface area contributed by atoms with Crippen molar-refractivity contribution in [3.05, 3.63) is 34.1 Å². The molecule has 0 spiro atoms. The quantitative estimate of drug-likeness (QED) is 0.900. The van der Waals surface area contributed by atoms with E-state index in [0.717, 1.165) is 11.5 Å². The first-order valence-corrected chi connectivity index (χ1v) is 7.33. The molecule has 2 nitrogen and oxygen atoms in total. The lowest BCUT2D eigenvalue weighted by atomic mass is 10.2. The molecule has 0 saturated carbocycles. The summed E-state index contributed by atoms with van der Waals surface area (Å²) in [6.45, 7) is 3.97. The van der Waals surface area contributed by atoms with Crippen molar-refractivity contribution in [3.63, 3.8) is 0 Å². The van der Waals surface area contributed by atoms with Gasteiger partial charge in [0, 0.05) is 16.3 Å². The zero-order valence-corrected chi connectivity index (χ0v) is 12.2. The fourth-order valence-electron chi connectivity index (χ4n) is 1.35. The molecule has 0 radical (unpaired) electrons. The van der Waals surface area contributed by atoms with Gasteiger partial charge in [0.05, 0.1) is 5.56 Å². The van der Waals surface area contributed by atoms with Crippen LogP contribution in [-0.2, 0) is 0 Å². The van der Waals surface area contributed by atoms with Crippen LogP contribution in [0.25, 0.3) is 0 Å². The van der Waals surface area contributed by atoms with Gasteiger partial charge >= 0.3 is 0 Å². The maximum atomic E-state index is 13.5. The average molecular weight is 320 g/mol. The highest BCUT2D eigenvalue weighted by Crippen LogP contribution is 2.19. The number of amides is 1. The summed E-state index contributed by atoms with van der Waals surface area (Å²) >= 11 is 4.93. The third kappa shape index (κ3) is 4.32. The molecular formula is C12H15BrFNOS. The van der Waals surface area contributed by atoms with Crippen LogP contribution in [0.2, 0.25) is 0 Å². The Balaban J connectivity index is 2.70. The predicted molar refractivity (Wildman–Crippen MR) is 74.0 cm³/mol. The molecule has 0 fully saturated rings. The lowest BCUT2D eigenvalue weighted by Crippen LogP contribution is -2.35. The molecule has 1 rings (SSSR count). The second kappa shape index (κ2) is 7.01. The summed E-state index contributed by atoms with van der Waals surface area (Å²) in [5.41, 5.74) is 0.0702. The van der Waals surface area contributed by atoms with Crippen LogP contribution in [0, 0.1) is 5.82 Å². The van der Waals surface area contributed by atoms with E-state index in [1.165, 1.54) is 6.07 Å². The predicted octanol–water partition coefficient (Wildman–Crippen LogP) is 3.46. The van der Waals surface area contributed by atoms with Gasteiger partial charge in [-0.05, 0) is 40.7 Å². The molecule has 1 aromatic carbocycles. The second-order valence-electron chi connectivity index (χ2n) is 3.63. The van der Waals surface area contributed by atoms with Crippen LogP contribution in [-0.4, -0.2) is 23.5 Å². The third-order valence-electron chi connectivity index (χ3n) is 2.14. The molecule has 1 N–H and O–H groups in total. The van der Waals surface area contributed by atoms with Crippen molar-refractivity contribution < 1.29 is 9.18 Å². The summed E-state index contributed by atoms with van der Waals surface area (Å²) in [7, 11) is 0. The van der Waals surface area contributed by atoms with Gasteiger partial charge in [0.1, 0.15) is 5.82 Å². The van der Waals surface area contributed by atoms with E-state index in [9.17, 15) is 9.18 Å². The molecule has 0 aliphatic heterocycles. The van der Waals surface area contributed by atoms with Crippen molar-refractivity contribution in [3.8, 4) is 0 Å². The first kappa shape index (κ1) is 14.5. The molecule has 1 amide bonds. The minimum absolute atomic E-state index is 0.0268. The number of thioether (sulfide) groups is 1. The maximum Gasteiger partial charge on any atom is 0.255 e. The molecule has 5 heteroatoms. The largest absolute Gasteiger partial charge is 0.349 e. The fourth-order valence-corrected chi connectivity index (χ4v) is 2.54. The molecular weight excluding hydrogens is 305 g/mol. The monoisotopic (exact) mass is 319 g/mol. The lowest BCUT2D eigenvalue weighted by molar-refractivity contribution is 0.0939. The van der Waals surface area contributed by atoms with Gasteiger partial charge in [0.15, 0.2) is 0 Å². The SMILES string of the molecule is CCSCC(C)NC(=O)c1c(F)cccc1Br. The normalized spacial score (nSPS) is 12.2.